The molecule has 0 rings (SSSR count). The van der Waals surface area contributed by atoms with Crippen LogP contribution in [0.15, 0.2) is 48.6 Å². The number of allylic oxidation sites excluding steroid dienone is 6. The van der Waals surface area contributed by atoms with Crippen LogP contribution >= 0.6 is 0 Å². The van der Waals surface area contributed by atoms with Crippen LogP contribution in [0, 0.1) is 0 Å². The van der Waals surface area contributed by atoms with Crippen LogP contribution < -0.4 is 0 Å². The van der Waals surface area contributed by atoms with Gasteiger partial charge in [-0.1, -0.05) is 37.8 Å². The minimum absolute atomic E-state index is 0.375. The van der Waals surface area contributed by atoms with Gasteiger partial charge in [-0.3, -0.25) is 0 Å². The van der Waals surface area contributed by atoms with Crippen molar-refractivity contribution < 1.29 is 8.78 Å². The summed E-state index contributed by atoms with van der Waals surface area (Å²) in [6.07, 6.45) is 7.38. The number of hydrogen-bond acceptors (Lipinski definition) is 0. The standard InChI is InChI=1S/C14H20F2/c1-5-7-13(10-11-15)9-8-12(3)14(4,16)6-2/h5,8-10H,1,3,6-7,11H2,2,4H3/b9-8-,13-10-. The van der Waals surface area contributed by atoms with Gasteiger partial charge in [0.05, 0.1) is 0 Å². The lowest BCUT2D eigenvalue weighted by Crippen LogP contribution is -2.17. The van der Waals surface area contributed by atoms with E-state index in [2.05, 4.69) is 13.2 Å². The summed E-state index contributed by atoms with van der Waals surface area (Å²) in [7, 11) is 0. The van der Waals surface area contributed by atoms with Crippen LogP contribution in [-0.2, 0) is 0 Å². The Labute approximate surface area is 97.1 Å². The average molecular weight is 226 g/mol. The third kappa shape index (κ3) is 5.06. The third-order valence-corrected chi connectivity index (χ3v) is 2.55. The van der Waals surface area contributed by atoms with Gasteiger partial charge < -0.3 is 0 Å². The monoisotopic (exact) mass is 226 g/mol. The average Bonchev–Trinajstić information content (AvgIpc) is 2.26. The first kappa shape index (κ1) is 14.8. The molecule has 0 aliphatic carbocycles. The zero-order valence-corrected chi connectivity index (χ0v) is 10.1. The lowest BCUT2D eigenvalue weighted by Gasteiger charge is -2.18. The maximum Gasteiger partial charge on any atom is 0.132 e. The molecule has 0 N–H and O–H groups in total. The summed E-state index contributed by atoms with van der Waals surface area (Å²) in [6.45, 7) is 9.99. The molecule has 0 aromatic heterocycles. The van der Waals surface area contributed by atoms with E-state index < -0.39 is 12.3 Å². The highest BCUT2D eigenvalue weighted by molar-refractivity contribution is 5.32. The Kier molecular flexibility index (Phi) is 6.63. The van der Waals surface area contributed by atoms with E-state index in [1.54, 1.807) is 25.2 Å². The molecule has 0 saturated carbocycles. The summed E-state index contributed by atoms with van der Waals surface area (Å²) >= 11 is 0. The second-order valence-electron chi connectivity index (χ2n) is 3.84. The Morgan fingerprint density at radius 3 is 2.44 bits per heavy atom. The van der Waals surface area contributed by atoms with E-state index in [1.165, 1.54) is 13.0 Å². The van der Waals surface area contributed by atoms with Crippen LogP contribution in [0.4, 0.5) is 8.78 Å². The fourth-order valence-electron chi connectivity index (χ4n) is 1.09. The van der Waals surface area contributed by atoms with Crippen LogP contribution in [0.2, 0.25) is 0 Å². The predicted octanol–water partition coefficient (Wildman–Crippen LogP) is 4.71. The topological polar surface area (TPSA) is 0 Å². The van der Waals surface area contributed by atoms with Crippen molar-refractivity contribution in [1.82, 2.24) is 0 Å². The Hall–Kier alpha value is -1.18. The van der Waals surface area contributed by atoms with E-state index in [9.17, 15) is 8.78 Å². The molecule has 1 unspecified atom stereocenters. The molecule has 0 aromatic rings. The molecular weight excluding hydrogens is 206 g/mol. The molecule has 16 heavy (non-hydrogen) atoms. The van der Waals surface area contributed by atoms with E-state index in [0.29, 0.717) is 18.4 Å². The van der Waals surface area contributed by atoms with Crippen LogP contribution in [0.5, 0.6) is 0 Å². The molecule has 0 spiro atoms. The van der Waals surface area contributed by atoms with Crippen molar-refractivity contribution in [3.05, 3.63) is 48.6 Å². The molecule has 0 aliphatic rings. The van der Waals surface area contributed by atoms with E-state index in [4.69, 9.17) is 0 Å². The van der Waals surface area contributed by atoms with Gasteiger partial charge in [0.1, 0.15) is 12.3 Å². The fraction of sp³-hybridized carbons (Fsp3) is 0.429. The van der Waals surface area contributed by atoms with Crippen LogP contribution in [0.3, 0.4) is 0 Å². The summed E-state index contributed by atoms with van der Waals surface area (Å²) in [5, 5.41) is 0. The Balaban J connectivity index is 4.62. The number of alkyl halides is 2. The summed E-state index contributed by atoms with van der Waals surface area (Å²) in [6, 6.07) is 0. The molecule has 0 bridgehead atoms. The first-order valence-electron chi connectivity index (χ1n) is 5.40. The Bertz CT molecular complexity index is 296. The number of halogens is 2. The van der Waals surface area contributed by atoms with E-state index in [-0.39, 0.29) is 0 Å². The van der Waals surface area contributed by atoms with Crippen molar-refractivity contribution in [1.29, 1.82) is 0 Å². The maximum absolute atomic E-state index is 13.8. The van der Waals surface area contributed by atoms with E-state index in [0.717, 1.165) is 5.57 Å². The second-order valence-corrected chi connectivity index (χ2v) is 3.84. The smallest absolute Gasteiger partial charge is 0.132 e. The van der Waals surface area contributed by atoms with Gasteiger partial charge in [0.2, 0.25) is 0 Å². The van der Waals surface area contributed by atoms with Gasteiger partial charge in [0.15, 0.2) is 0 Å². The Morgan fingerprint density at radius 1 is 1.38 bits per heavy atom. The zero-order valence-electron chi connectivity index (χ0n) is 10.1. The van der Waals surface area contributed by atoms with Gasteiger partial charge in [0.25, 0.3) is 0 Å². The molecule has 90 valence electrons. The van der Waals surface area contributed by atoms with Gasteiger partial charge in [-0.2, -0.15) is 0 Å². The van der Waals surface area contributed by atoms with Crippen LogP contribution in [-0.4, -0.2) is 12.3 Å². The maximum atomic E-state index is 13.8. The molecule has 0 radical (unpaired) electrons. The molecule has 0 fully saturated rings. The predicted molar refractivity (Wildman–Crippen MR) is 67.0 cm³/mol. The van der Waals surface area contributed by atoms with Crippen molar-refractivity contribution in [3.8, 4) is 0 Å². The van der Waals surface area contributed by atoms with Gasteiger partial charge >= 0.3 is 0 Å². The normalized spacial score (nSPS) is 16.1. The van der Waals surface area contributed by atoms with Crippen molar-refractivity contribution in [3.63, 3.8) is 0 Å². The third-order valence-electron chi connectivity index (χ3n) is 2.55. The second kappa shape index (κ2) is 7.15. The first-order valence-corrected chi connectivity index (χ1v) is 5.40. The summed E-state index contributed by atoms with van der Waals surface area (Å²) in [5.41, 5.74) is -0.208. The highest BCUT2D eigenvalue weighted by Gasteiger charge is 2.22. The van der Waals surface area contributed by atoms with Gasteiger partial charge in [-0.15, -0.1) is 6.58 Å². The zero-order chi connectivity index (χ0) is 12.6. The molecule has 0 aromatic carbocycles. The van der Waals surface area contributed by atoms with Crippen molar-refractivity contribution in [2.75, 3.05) is 6.67 Å². The van der Waals surface area contributed by atoms with Crippen molar-refractivity contribution >= 4 is 0 Å². The molecular formula is C14H20F2. The van der Waals surface area contributed by atoms with Gasteiger partial charge in [0, 0.05) is 0 Å². The van der Waals surface area contributed by atoms with Crippen molar-refractivity contribution in [2.24, 2.45) is 0 Å². The molecule has 0 aliphatic heterocycles. The minimum atomic E-state index is -1.40. The van der Waals surface area contributed by atoms with E-state index >= 15 is 0 Å². The van der Waals surface area contributed by atoms with Gasteiger partial charge in [-0.05, 0) is 30.9 Å². The summed E-state index contributed by atoms with van der Waals surface area (Å²) in [4.78, 5) is 0. The fourth-order valence-corrected chi connectivity index (χ4v) is 1.09. The summed E-state index contributed by atoms with van der Waals surface area (Å²) < 4.78 is 25.9. The van der Waals surface area contributed by atoms with Crippen molar-refractivity contribution in [2.45, 2.75) is 32.4 Å². The first-order chi connectivity index (χ1) is 7.47. The summed E-state index contributed by atoms with van der Waals surface area (Å²) in [5.74, 6) is 0. The minimum Gasteiger partial charge on any atom is -0.247 e. The molecule has 0 saturated heterocycles. The number of rotatable bonds is 7. The molecule has 0 amide bonds. The van der Waals surface area contributed by atoms with Crippen LogP contribution in [0.1, 0.15) is 26.7 Å². The largest absolute Gasteiger partial charge is 0.247 e. The highest BCUT2D eigenvalue weighted by atomic mass is 19.1. The van der Waals surface area contributed by atoms with Crippen LogP contribution in [0.25, 0.3) is 0 Å². The lowest BCUT2D eigenvalue weighted by atomic mass is 9.95. The van der Waals surface area contributed by atoms with Gasteiger partial charge in [-0.25, -0.2) is 8.78 Å². The lowest BCUT2D eigenvalue weighted by molar-refractivity contribution is 0.238. The number of hydrogen-bond donors (Lipinski definition) is 0. The molecule has 2 heteroatoms. The SMILES string of the molecule is C=CCC(/C=C\C(=C)C(C)(F)CC)=C/CF. The molecule has 0 heterocycles. The quantitative estimate of drug-likeness (QED) is 0.435. The molecule has 1 atom stereocenters. The Morgan fingerprint density at radius 2 is 2.00 bits per heavy atom. The highest BCUT2D eigenvalue weighted by Crippen LogP contribution is 2.25. The van der Waals surface area contributed by atoms with E-state index in [1.807, 2.05) is 0 Å². The molecule has 0 nitrogen and oxygen atoms in total.